The highest BCUT2D eigenvalue weighted by atomic mass is 16.5. The fraction of sp³-hybridized carbons (Fsp3) is 0.385. The Morgan fingerprint density at radius 2 is 2.24 bits per heavy atom. The van der Waals surface area contributed by atoms with Crippen LogP contribution in [-0.4, -0.2) is 21.4 Å². The van der Waals surface area contributed by atoms with Crippen molar-refractivity contribution in [2.45, 2.75) is 26.3 Å². The Kier molecular flexibility index (Phi) is 3.75. The minimum Gasteiger partial charge on any atom is -0.490 e. The van der Waals surface area contributed by atoms with Crippen molar-refractivity contribution in [2.75, 3.05) is 6.61 Å². The first-order chi connectivity index (χ1) is 8.25. The van der Waals surface area contributed by atoms with E-state index in [1.54, 1.807) is 12.4 Å². The average Bonchev–Trinajstić information content (AvgIpc) is 2.79. The number of rotatable bonds is 5. The zero-order chi connectivity index (χ0) is 12.1. The Hall–Kier alpha value is -1.84. The van der Waals surface area contributed by atoms with E-state index in [1.165, 1.54) is 5.56 Å². The van der Waals surface area contributed by atoms with Crippen LogP contribution in [0.1, 0.15) is 25.5 Å². The SMILES string of the molecule is CC(C)n1cc(OCCc2cccnc2)cn1. The average molecular weight is 231 g/mol. The van der Waals surface area contributed by atoms with Crippen LogP contribution in [0, 0.1) is 0 Å². The minimum absolute atomic E-state index is 0.366. The van der Waals surface area contributed by atoms with Crippen LogP contribution in [0.2, 0.25) is 0 Å². The smallest absolute Gasteiger partial charge is 0.157 e. The number of ether oxygens (including phenoxy) is 1. The van der Waals surface area contributed by atoms with Gasteiger partial charge in [-0.25, -0.2) is 0 Å². The van der Waals surface area contributed by atoms with E-state index in [0.717, 1.165) is 12.2 Å². The zero-order valence-electron chi connectivity index (χ0n) is 10.2. The first-order valence-corrected chi connectivity index (χ1v) is 5.81. The van der Waals surface area contributed by atoms with Crippen molar-refractivity contribution >= 4 is 0 Å². The molecular formula is C13H17N3O. The molecule has 0 saturated carbocycles. The highest BCUT2D eigenvalue weighted by Crippen LogP contribution is 2.12. The number of pyridine rings is 1. The summed E-state index contributed by atoms with van der Waals surface area (Å²) in [5.74, 6) is 0.822. The van der Waals surface area contributed by atoms with Gasteiger partial charge in [0.25, 0.3) is 0 Å². The van der Waals surface area contributed by atoms with Crippen LogP contribution in [-0.2, 0) is 6.42 Å². The summed E-state index contributed by atoms with van der Waals surface area (Å²) in [6.07, 6.45) is 8.18. The predicted molar refractivity (Wildman–Crippen MR) is 66.0 cm³/mol. The monoisotopic (exact) mass is 231 g/mol. The van der Waals surface area contributed by atoms with E-state index in [4.69, 9.17) is 4.74 Å². The summed E-state index contributed by atoms with van der Waals surface area (Å²) in [6.45, 7) is 4.83. The molecule has 0 spiro atoms. The molecule has 0 atom stereocenters. The van der Waals surface area contributed by atoms with Gasteiger partial charge in [0.2, 0.25) is 0 Å². The molecule has 0 radical (unpaired) electrons. The molecule has 0 aliphatic carbocycles. The van der Waals surface area contributed by atoms with Crippen LogP contribution in [0.15, 0.2) is 36.9 Å². The van der Waals surface area contributed by atoms with E-state index in [2.05, 4.69) is 23.9 Å². The fourth-order valence-electron chi connectivity index (χ4n) is 1.51. The molecule has 0 N–H and O–H groups in total. The number of hydrogen-bond acceptors (Lipinski definition) is 3. The van der Waals surface area contributed by atoms with Crippen LogP contribution in [0.4, 0.5) is 0 Å². The molecule has 90 valence electrons. The van der Waals surface area contributed by atoms with Crippen molar-refractivity contribution in [2.24, 2.45) is 0 Å². The second-order valence-corrected chi connectivity index (χ2v) is 4.21. The van der Waals surface area contributed by atoms with Gasteiger partial charge in [-0.3, -0.25) is 9.67 Å². The molecule has 4 nitrogen and oxygen atoms in total. The molecule has 0 bridgehead atoms. The third-order valence-electron chi connectivity index (χ3n) is 2.49. The lowest BCUT2D eigenvalue weighted by Crippen LogP contribution is -2.02. The van der Waals surface area contributed by atoms with Crippen molar-refractivity contribution in [3.63, 3.8) is 0 Å². The van der Waals surface area contributed by atoms with Gasteiger partial charge in [0.15, 0.2) is 5.75 Å². The standard InChI is InChI=1S/C13H17N3O/c1-11(2)16-10-13(9-15-16)17-7-5-12-4-3-6-14-8-12/h3-4,6,8-11H,5,7H2,1-2H3. The van der Waals surface area contributed by atoms with Gasteiger partial charge < -0.3 is 4.74 Å². The normalized spacial score (nSPS) is 10.8. The lowest BCUT2D eigenvalue weighted by Gasteiger charge is -2.04. The molecule has 2 heterocycles. The van der Waals surface area contributed by atoms with Gasteiger partial charge in [0, 0.05) is 24.9 Å². The number of aromatic nitrogens is 3. The molecule has 0 aromatic carbocycles. The lowest BCUT2D eigenvalue weighted by molar-refractivity contribution is 0.321. The molecule has 2 aromatic heterocycles. The van der Waals surface area contributed by atoms with Gasteiger partial charge in [-0.2, -0.15) is 5.10 Å². The summed E-state index contributed by atoms with van der Waals surface area (Å²) in [4.78, 5) is 4.07. The molecule has 2 rings (SSSR count). The van der Waals surface area contributed by atoms with Gasteiger partial charge in [-0.1, -0.05) is 6.07 Å². The third kappa shape index (κ3) is 3.31. The van der Waals surface area contributed by atoms with Crippen molar-refractivity contribution in [3.8, 4) is 5.75 Å². The maximum Gasteiger partial charge on any atom is 0.157 e. The van der Waals surface area contributed by atoms with Crippen LogP contribution in [0.3, 0.4) is 0 Å². The Morgan fingerprint density at radius 1 is 1.35 bits per heavy atom. The van der Waals surface area contributed by atoms with E-state index in [-0.39, 0.29) is 0 Å². The summed E-state index contributed by atoms with van der Waals surface area (Å²) in [6, 6.07) is 4.35. The van der Waals surface area contributed by atoms with Gasteiger partial charge >= 0.3 is 0 Å². The first-order valence-electron chi connectivity index (χ1n) is 5.81. The fourth-order valence-corrected chi connectivity index (χ4v) is 1.51. The van der Waals surface area contributed by atoms with Crippen molar-refractivity contribution in [1.29, 1.82) is 0 Å². The molecule has 17 heavy (non-hydrogen) atoms. The summed E-state index contributed by atoms with van der Waals surface area (Å²) in [7, 11) is 0. The highest BCUT2D eigenvalue weighted by molar-refractivity contribution is 5.13. The third-order valence-corrected chi connectivity index (χ3v) is 2.49. The summed E-state index contributed by atoms with van der Waals surface area (Å²) in [5, 5.41) is 4.22. The van der Waals surface area contributed by atoms with Crippen LogP contribution >= 0.6 is 0 Å². The quantitative estimate of drug-likeness (QED) is 0.793. The second kappa shape index (κ2) is 5.48. The molecule has 2 aromatic rings. The molecule has 4 heteroatoms. The largest absolute Gasteiger partial charge is 0.490 e. The lowest BCUT2D eigenvalue weighted by atomic mass is 10.2. The Morgan fingerprint density at radius 3 is 2.88 bits per heavy atom. The van der Waals surface area contributed by atoms with E-state index in [9.17, 15) is 0 Å². The van der Waals surface area contributed by atoms with Crippen LogP contribution in [0.5, 0.6) is 5.75 Å². The van der Waals surface area contributed by atoms with Gasteiger partial charge in [0.1, 0.15) is 0 Å². The van der Waals surface area contributed by atoms with Crippen molar-refractivity contribution < 1.29 is 4.74 Å². The maximum atomic E-state index is 5.63. The first kappa shape index (κ1) is 11.6. The second-order valence-electron chi connectivity index (χ2n) is 4.21. The van der Waals surface area contributed by atoms with E-state index >= 15 is 0 Å². The molecule has 0 unspecified atom stereocenters. The minimum atomic E-state index is 0.366. The Balaban J connectivity index is 1.82. The van der Waals surface area contributed by atoms with E-state index < -0.39 is 0 Å². The van der Waals surface area contributed by atoms with E-state index in [0.29, 0.717) is 12.6 Å². The molecule has 0 amide bonds. The zero-order valence-corrected chi connectivity index (χ0v) is 10.2. The molecule has 0 fully saturated rings. The topological polar surface area (TPSA) is 39.9 Å². The number of hydrogen-bond donors (Lipinski definition) is 0. The summed E-state index contributed by atoms with van der Waals surface area (Å²) < 4.78 is 7.52. The summed E-state index contributed by atoms with van der Waals surface area (Å²) >= 11 is 0. The van der Waals surface area contributed by atoms with Crippen molar-refractivity contribution in [3.05, 3.63) is 42.5 Å². The predicted octanol–water partition coefficient (Wildman–Crippen LogP) is 2.48. The molecule has 0 aliphatic rings. The van der Waals surface area contributed by atoms with Gasteiger partial charge in [0.05, 0.1) is 19.0 Å². The molecule has 0 saturated heterocycles. The Labute approximate surface area is 101 Å². The maximum absolute atomic E-state index is 5.63. The van der Waals surface area contributed by atoms with Crippen LogP contribution in [0.25, 0.3) is 0 Å². The molecule has 0 aliphatic heterocycles. The number of nitrogens with zero attached hydrogens (tertiary/aromatic N) is 3. The van der Waals surface area contributed by atoms with Crippen molar-refractivity contribution in [1.82, 2.24) is 14.8 Å². The van der Waals surface area contributed by atoms with E-state index in [1.807, 2.05) is 29.2 Å². The summed E-state index contributed by atoms with van der Waals surface area (Å²) in [5.41, 5.74) is 1.18. The van der Waals surface area contributed by atoms with Gasteiger partial charge in [-0.15, -0.1) is 0 Å². The molecular weight excluding hydrogens is 214 g/mol. The highest BCUT2D eigenvalue weighted by Gasteiger charge is 2.02. The van der Waals surface area contributed by atoms with Gasteiger partial charge in [-0.05, 0) is 25.5 Å². The Bertz CT molecular complexity index is 451. The van der Waals surface area contributed by atoms with Crippen LogP contribution < -0.4 is 4.74 Å².